The average Bonchev–Trinajstić information content (AvgIpc) is 3.99. The van der Waals surface area contributed by atoms with Crippen LogP contribution in [0.1, 0.15) is 11.1 Å². The fourth-order valence-electron chi connectivity index (χ4n) is 9.31. The van der Waals surface area contributed by atoms with Crippen molar-refractivity contribution >= 4 is 93.6 Å². The molecule has 0 aliphatic rings. The molecule has 0 bridgehead atoms. The minimum atomic E-state index is 0.487. The number of nitrogens with one attached hydrogen (secondary N) is 1. The fourth-order valence-corrected chi connectivity index (χ4v) is 9.31. The molecule has 0 atom stereocenters. The lowest BCUT2D eigenvalue weighted by Crippen LogP contribution is -2.05. The van der Waals surface area contributed by atoms with Crippen molar-refractivity contribution < 1.29 is 4.42 Å². The molecule has 0 aliphatic carbocycles. The number of nitriles is 1. The number of hydrogen-bond donors (Lipinski definition) is 1. The zero-order chi connectivity index (χ0) is 37.1. The number of fused-ring (bicyclic) bond motifs is 14. The molecular formula is C50H29N5O. The Morgan fingerprint density at radius 2 is 0.911 bits per heavy atom. The van der Waals surface area contributed by atoms with E-state index < -0.39 is 0 Å². The van der Waals surface area contributed by atoms with Gasteiger partial charge in [0.05, 0.1) is 55.1 Å². The summed E-state index contributed by atoms with van der Waals surface area (Å²) in [6.07, 6.45) is 1.37. The van der Waals surface area contributed by atoms with E-state index >= 15 is 0 Å². The molecule has 6 heteroatoms. The highest BCUT2D eigenvalue weighted by molar-refractivity contribution is 6.29. The highest BCUT2D eigenvalue weighted by Gasteiger charge is 2.24. The van der Waals surface area contributed by atoms with E-state index in [0.717, 1.165) is 98.7 Å². The normalized spacial score (nSPS) is 12.0. The van der Waals surface area contributed by atoms with Gasteiger partial charge in [-0.2, -0.15) is 5.26 Å². The minimum absolute atomic E-state index is 0.487. The molecule has 0 aliphatic heterocycles. The van der Waals surface area contributed by atoms with Gasteiger partial charge in [-0.05, 0) is 72.8 Å². The summed E-state index contributed by atoms with van der Waals surface area (Å²) in [5.41, 5.74) is 11.6. The molecule has 56 heavy (non-hydrogen) atoms. The maximum atomic E-state index is 10.8. The second-order valence-corrected chi connectivity index (χ2v) is 14.4. The first kappa shape index (κ1) is 30.6. The van der Waals surface area contributed by atoms with Gasteiger partial charge < -0.3 is 23.5 Å². The Hall–Kier alpha value is -7.88. The molecule has 1 N–H and O–H groups in total. The van der Waals surface area contributed by atoms with E-state index in [9.17, 15) is 5.26 Å². The van der Waals surface area contributed by atoms with E-state index in [1.165, 1.54) is 6.21 Å². The number of nitrogens with zero attached hydrogens (tertiary/aromatic N) is 4. The number of rotatable bonds is 4. The maximum Gasteiger partial charge on any atom is 0.145 e. The van der Waals surface area contributed by atoms with Crippen LogP contribution in [0.25, 0.3) is 104 Å². The van der Waals surface area contributed by atoms with Gasteiger partial charge in [0.25, 0.3) is 0 Å². The van der Waals surface area contributed by atoms with Gasteiger partial charge in [0.2, 0.25) is 0 Å². The zero-order valence-electron chi connectivity index (χ0n) is 29.9. The van der Waals surface area contributed by atoms with Gasteiger partial charge in [0.15, 0.2) is 0 Å². The molecule has 8 aromatic carbocycles. The highest BCUT2D eigenvalue weighted by Crippen LogP contribution is 2.45. The highest BCUT2D eigenvalue weighted by atomic mass is 16.3. The van der Waals surface area contributed by atoms with Crippen LogP contribution in [-0.4, -0.2) is 19.9 Å². The summed E-state index contributed by atoms with van der Waals surface area (Å²) in [5, 5.41) is 28.1. The van der Waals surface area contributed by atoms with E-state index in [1.54, 1.807) is 0 Å². The van der Waals surface area contributed by atoms with E-state index in [1.807, 2.05) is 48.5 Å². The lowest BCUT2D eigenvalue weighted by atomic mass is 10.1. The van der Waals surface area contributed by atoms with Gasteiger partial charge in [0, 0.05) is 55.5 Å². The molecule has 0 amide bonds. The van der Waals surface area contributed by atoms with E-state index in [-0.39, 0.29) is 0 Å². The molecule has 0 fully saturated rings. The van der Waals surface area contributed by atoms with E-state index in [4.69, 9.17) is 9.83 Å². The SMILES string of the molecule is N#Cc1cc(-n2c3ccccc3c3c4oc5c(ccc6c5c5ccccc5n6-c5ccccc5)c4ccc32)cc(C=N)c1-n1c2ccccc2c2ccccc21. The fraction of sp³-hybridized carbons (Fsp3) is 0. The van der Waals surface area contributed by atoms with Gasteiger partial charge in [-0.25, -0.2) is 0 Å². The Morgan fingerprint density at radius 3 is 1.43 bits per heavy atom. The van der Waals surface area contributed by atoms with Gasteiger partial charge in [-0.1, -0.05) is 91.0 Å². The lowest BCUT2D eigenvalue weighted by Gasteiger charge is -2.16. The smallest absolute Gasteiger partial charge is 0.145 e. The van der Waals surface area contributed by atoms with Crippen LogP contribution in [0, 0.1) is 16.7 Å². The van der Waals surface area contributed by atoms with E-state index in [2.05, 4.69) is 135 Å². The minimum Gasteiger partial charge on any atom is -0.455 e. The Kier molecular flexibility index (Phi) is 6.18. The molecule has 4 aromatic heterocycles. The van der Waals surface area contributed by atoms with Crippen LogP contribution >= 0.6 is 0 Å². The number of furan rings is 1. The Labute approximate surface area is 319 Å². The molecule has 0 unspecified atom stereocenters. The monoisotopic (exact) mass is 715 g/mol. The van der Waals surface area contributed by atoms with Crippen molar-refractivity contribution in [3.8, 4) is 23.1 Å². The third-order valence-electron chi connectivity index (χ3n) is 11.6. The van der Waals surface area contributed by atoms with Crippen LogP contribution < -0.4 is 0 Å². The molecule has 4 heterocycles. The maximum absolute atomic E-state index is 10.8. The topological polar surface area (TPSA) is 75.6 Å². The van der Waals surface area contributed by atoms with Crippen LogP contribution in [0.15, 0.2) is 168 Å². The lowest BCUT2D eigenvalue weighted by molar-refractivity contribution is 0.677. The molecule has 12 rings (SSSR count). The van der Waals surface area contributed by atoms with Crippen molar-refractivity contribution in [1.29, 1.82) is 10.7 Å². The van der Waals surface area contributed by atoms with Crippen LogP contribution in [-0.2, 0) is 0 Å². The van der Waals surface area contributed by atoms with Gasteiger partial charge >= 0.3 is 0 Å². The zero-order valence-corrected chi connectivity index (χ0v) is 29.9. The number of para-hydroxylation sites is 5. The first-order valence-corrected chi connectivity index (χ1v) is 18.7. The Bertz CT molecular complexity index is 3630. The van der Waals surface area contributed by atoms with Gasteiger partial charge in [0.1, 0.15) is 17.2 Å². The average molecular weight is 716 g/mol. The third kappa shape index (κ3) is 3.95. The molecule has 0 spiro atoms. The second kappa shape index (κ2) is 11.3. The summed E-state index contributed by atoms with van der Waals surface area (Å²) in [7, 11) is 0. The standard InChI is InChI=1S/C50H29N5O/c51-28-30-26-33(27-31(29-52)48(30)55-40-18-8-4-14-34(40)35-15-5-9-19-41(35)55)54-43-21-11-7-17-39(43)47-45(54)25-23-37-36-22-24-44-46(49(36)56-50(37)47)38-16-6-10-20-42(38)53(44)32-12-2-1-3-13-32/h1-28,51H. The van der Waals surface area contributed by atoms with Crippen molar-refractivity contribution in [1.82, 2.24) is 13.7 Å². The summed E-state index contributed by atoms with van der Waals surface area (Å²) in [5.74, 6) is 0. The predicted octanol–water partition coefficient (Wildman–Crippen LogP) is 12.7. The number of benzene rings is 8. The largest absolute Gasteiger partial charge is 0.455 e. The van der Waals surface area contributed by atoms with Gasteiger partial charge in [-0.3, -0.25) is 0 Å². The molecule has 6 nitrogen and oxygen atoms in total. The molecular weight excluding hydrogens is 687 g/mol. The van der Waals surface area contributed by atoms with Crippen LogP contribution in [0.3, 0.4) is 0 Å². The van der Waals surface area contributed by atoms with Crippen molar-refractivity contribution in [2.24, 2.45) is 0 Å². The summed E-state index contributed by atoms with van der Waals surface area (Å²) >= 11 is 0. The predicted molar refractivity (Wildman–Crippen MR) is 229 cm³/mol. The van der Waals surface area contributed by atoms with E-state index in [0.29, 0.717) is 16.8 Å². The van der Waals surface area contributed by atoms with Crippen molar-refractivity contribution in [3.05, 3.63) is 175 Å². The van der Waals surface area contributed by atoms with Gasteiger partial charge in [-0.15, -0.1) is 0 Å². The molecule has 12 aromatic rings. The first-order valence-electron chi connectivity index (χ1n) is 18.7. The quantitative estimate of drug-likeness (QED) is 0.184. The van der Waals surface area contributed by atoms with Crippen LogP contribution in [0.4, 0.5) is 0 Å². The summed E-state index contributed by atoms with van der Waals surface area (Å²) < 4.78 is 13.8. The molecule has 0 radical (unpaired) electrons. The molecule has 0 saturated carbocycles. The Balaban J connectivity index is 1.15. The molecule has 260 valence electrons. The van der Waals surface area contributed by atoms with Crippen molar-refractivity contribution in [2.75, 3.05) is 0 Å². The first-order chi connectivity index (χ1) is 27.7. The second-order valence-electron chi connectivity index (χ2n) is 14.4. The van der Waals surface area contributed by atoms with Crippen LogP contribution in [0.5, 0.6) is 0 Å². The number of aromatic nitrogens is 3. The Morgan fingerprint density at radius 1 is 0.446 bits per heavy atom. The number of hydrogen-bond acceptors (Lipinski definition) is 3. The summed E-state index contributed by atoms with van der Waals surface area (Å²) in [6.45, 7) is 0. The summed E-state index contributed by atoms with van der Waals surface area (Å²) in [6, 6.07) is 59.1. The molecule has 0 saturated heterocycles. The summed E-state index contributed by atoms with van der Waals surface area (Å²) in [4.78, 5) is 0. The van der Waals surface area contributed by atoms with Crippen molar-refractivity contribution in [3.63, 3.8) is 0 Å². The van der Waals surface area contributed by atoms with Crippen LogP contribution in [0.2, 0.25) is 0 Å². The third-order valence-corrected chi connectivity index (χ3v) is 11.6. The van der Waals surface area contributed by atoms with Crippen molar-refractivity contribution in [2.45, 2.75) is 0 Å².